The summed E-state index contributed by atoms with van der Waals surface area (Å²) in [6, 6.07) is -0.917. The van der Waals surface area contributed by atoms with Crippen molar-refractivity contribution in [1.29, 1.82) is 0 Å². The first-order valence-electron chi connectivity index (χ1n) is 8.02. The van der Waals surface area contributed by atoms with Crippen LogP contribution in [0.15, 0.2) is 0 Å². The lowest BCUT2D eigenvalue weighted by Gasteiger charge is -2.34. The lowest BCUT2D eigenvalue weighted by molar-refractivity contribution is -0.144. The molecule has 0 aromatic carbocycles. The number of piperidine rings is 1. The number of nitrogens with one attached hydrogen (secondary N) is 1. The molecule has 0 aromatic rings. The number of hydrogen-bond donors (Lipinski definition) is 2. The fourth-order valence-electron chi connectivity index (χ4n) is 2.47. The molecule has 23 heavy (non-hydrogen) atoms. The van der Waals surface area contributed by atoms with Crippen molar-refractivity contribution in [3.63, 3.8) is 0 Å². The van der Waals surface area contributed by atoms with Crippen LogP contribution in [0.25, 0.3) is 0 Å². The normalized spacial score (nSPS) is 20.1. The van der Waals surface area contributed by atoms with Crippen LogP contribution in [0.5, 0.6) is 0 Å². The molecule has 2 amide bonds. The van der Waals surface area contributed by atoms with E-state index in [9.17, 15) is 14.4 Å². The number of carboxylic acid groups (broad SMARTS) is 1. The molecule has 0 aromatic heterocycles. The van der Waals surface area contributed by atoms with E-state index in [4.69, 9.17) is 9.84 Å². The maximum atomic E-state index is 12.3. The highest BCUT2D eigenvalue weighted by Crippen LogP contribution is 2.20. The van der Waals surface area contributed by atoms with E-state index in [1.807, 2.05) is 0 Å². The van der Waals surface area contributed by atoms with Gasteiger partial charge in [0.15, 0.2) is 0 Å². The van der Waals surface area contributed by atoms with Crippen LogP contribution in [0.4, 0.5) is 4.79 Å². The second-order valence-electron chi connectivity index (χ2n) is 7.33. The summed E-state index contributed by atoms with van der Waals surface area (Å²) in [5, 5.41) is 11.7. The van der Waals surface area contributed by atoms with Crippen LogP contribution in [-0.2, 0) is 14.3 Å². The van der Waals surface area contributed by atoms with Gasteiger partial charge in [0.05, 0.1) is 5.92 Å². The van der Waals surface area contributed by atoms with Crippen LogP contribution in [-0.4, -0.2) is 52.7 Å². The molecular formula is C16H28N2O5. The standard InChI is InChI=1S/C16H28N2O5/c1-10(2)12(14(20)21)17-13(19)11-7-6-8-18(9-11)15(22)23-16(3,4)5/h10-12H,6-9H2,1-5H3,(H,17,19)(H,20,21). The number of amides is 2. The summed E-state index contributed by atoms with van der Waals surface area (Å²) in [5.74, 6) is -1.98. The van der Waals surface area contributed by atoms with Gasteiger partial charge in [-0.15, -0.1) is 0 Å². The third-order valence-electron chi connectivity index (χ3n) is 3.67. The molecule has 1 heterocycles. The topological polar surface area (TPSA) is 95.9 Å². The fourth-order valence-corrected chi connectivity index (χ4v) is 2.47. The van der Waals surface area contributed by atoms with Gasteiger partial charge in [0, 0.05) is 13.1 Å². The second-order valence-corrected chi connectivity index (χ2v) is 7.33. The Morgan fingerprint density at radius 1 is 1.26 bits per heavy atom. The van der Waals surface area contributed by atoms with Crippen LogP contribution in [0.1, 0.15) is 47.5 Å². The molecular weight excluding hydrogens is 300 g/mol. The number of nitrogens with zero attached hydrogens (tertiary/aromatic N) is 1. The Morgan fingerprint density at radius 3 is 2.35 bits per heavy atom. The maximum Gasteiger partial charge on any atom is 0.410 e. The highest BCUT2D eigenvalue weighted by Gasteiger charge is 2.33. The predicted octanol–water partition coefficient (Wildman–Crippen LogP) is 1.86. The van der Waals surface area contributed by atoms with Gasteiger partial charge in [-0.05, 0) is 39.5 Å². The van der Waals surface area contributed by atoms with Crippen LogP contribution in [0.2, 0.25) is 0 Å². The lowest BCUT2D eigenvalue weighted by atomic mass is 9.96. The molecule has 1 fully saturated rings. The van der Waals surface area contributed by atoms with E-state index < -0.39 is 29.6 Å². The van der Waals surface area contributed by atoms with Gasteiger partial charge < -0.3 is 20.1 Å². The van der Waals surface area contributed by atoms with Gasteiger partial charge in [0.25, 0.3) is 0 Å². The first kappa shape index (κ1) is 19.3. The van der Waals surface area contributed by atoms with Crippen molar-refractivity contribution in [2.75, 3.05) is 13.1 Å². The van der Waals surface area contributed by atoms with Gasteiger partial charge in [0.2, 0.25) is 5.91 Å². The molecule has 1 aliphatic rings. The highest BCUT2D eigenvalue weighted by atomic mass is 16.6. The monoisotopic (exact) mass is 328 g/mol. The highest BCUT2D eigenvalue weighted by molar-refractivity contribution is 5.85. The number of aliphatic carboxylic acids is 1. The second kappa shape index (κ2) is 7.66. The molecule has 1 aliphatic heterocycles. The zero-order valence-electron chi connectivity index (χ0n) is 14.6. The number of carbonyl (C=O) groups is 3. The SMILES string of the molecule is CC(C)C(NC(=O)C1CCCN(C(=O)OC(C)(C)C)C1)C(=O)O. The first-order valence-corrected chi connectivity index (χ1v) is 8.02. The number of carbonyl (C=O) groups excluding carboxylic acids is 2. The number of hydrogen-bond acceptors (Lipinski definition) is 4. The quantitative estimate of drug-likeness (QED) is 0.821. The van der Waals surface area contributed by atoms with Crippen LogP contribution in [0.3, 0.4) is 0 Å². The number of carboxylic acids is 1. The Morgan fingerprint density at radius 2 is 1.87 bits per heavy atom. The molecule has 132 valence electrons. The molecule has 1 saturated heterocycles. The van der Waals surface area contributed by atoms with E-state index in [2.05, 4.69) is 5.32 Å². The largest absolute Gasteiger partial charge is 0.480 e. The molecule has 0 aliphatic carbocycles. The number of ether oxygens (including phenoxy) is 1. The summed E-state index contributed by atoms with van der Waals surface area (Å²) < 4.78 is 5.32. The van der Waals surface area contributed by atoms with Gasteiger partial charge in [-0.25, -0.2) is 9.59 Å². The van der Waals surface area contributed by atoms with Crippen LogP contribution in [0, 0.1) is 11.8 Å². The zero-order chi connectivity index (χ0) is 17.8. The average molecular weight is 328 g/mol. The van der Waals surface area contributed by atoms with Crippen molar-refractivity contribution in [1.82, 2.24) is 10.2 Å². The van der Waals surface area contributed by atoms with Crippen LogP contribution >= 0.6 is 0 Å². The van der Waals surface area contributed by atoms with Crippen molar-refractivity contribution < 1.29 is 24.2 Å². The molecule has 0 spiro atoms. The Balaban J connectivity index is 2.65. The molecule has 0 saturated carbocycles. The van der Waals surface area contributed by atoms with Crippen molar-refractivity contribution in [3.8, 4) is 0 Å². The average Bonchev–Trinajstić information content (AvgIpc) is 2.42. The number of likely N-dealkylation sites (tertiary alicyclic amines) is 1. The molecule has 0 bridgehead atoms. The van der Waals surface area contributed by atoms with Crippen molar-refractivity contribution in [2.45, 2.75) is 59.1 Å². The predicted molar refractivity (Wildman–Crippen MR) is 84.9 cm³/mol. The summed E-state index contributed by atoms with van der Waals surface area (Å²) in [6.45, 7) is 9.66. The van der Waals surface area contributed by atoms with E-state index in [-0.39, 0.29) is 18.4 Å². The summed E-state index contributed by atoms with van der Waals surface area (Å²) in [6.07, 6.45) is 0.889. The molecule has 2 atom stereocenters. The minimum atomic E-state index is -1.05. The first-order chi connectivity index (χ1) is 10.5. The van der Waals surface area contributed by atoms with E-state index in [0.717, 1.165) is 0 Å². The van der Waals surface area contributed by atoms with Gasteiger partial charge in [-0.3, -0.25) is 4.79 Å². The molecule has 0 radical (unpaired) electrons. The summed E-state index contributed by atoms with van der Waals surface area (Å²) >= 11 is 0. The van der Waals surface area contributed by atoms with E-state index in [1.165, 1.54) is 4.90 Å². The number of rotatable bonds is 4. The van der Waals surface area contributed by atoms with Crippen molar-refractivity contribution in [3.05, 3.63) is 0 Å². The van der Waals surface area contributed by atoms with E-state index >= 15 is 0 Å². The third-order valence-corrected chi connectivity index (χ3v) is 3.67. The van der Waals surface area contributed by atoms with Crippen molar-refractivity contribution >= 4 is 18.0 Å². The van der Waals surface area contributed by atoms with Crippen molar-refractivity contribution in [2.24, 2.45) is 11.8 Å². The summed E-state index contributed by atoms with van der Waals surface area (Å²) in [7, 11) is 0. The van der Waals surface area contributed by atoms with Gasteiger partial charge in [-0.2, -0.15) is 0 Å². The fraction of sp³-hybridized carbons (Fsp3) is 0.812. The Kier molecular flexibility index (Phi) is 6.41. The molecule has 1 rings (SSSR count). The van der Waals surface area contributed by atoms with Gasteiger partial charge in [0.1, 0.15) is 11.6 Å². The van der Waals surface area contributed by atoms with Crippen LogP contribution < -0.4 is 5.32 Å². The lowest BCUT2D eigenvalue weighted by Crippen LogP contribution is -2.51. The summed E-state index contributed by atoms with van der Waals surface area (Å²) in [4.78, 5) is 37.1. The van der Waals surface area contributed by atoms with Gasteiger partial charge >= 0.3 is 12.1 Å². The zero-order valence-corrected chi connectivity index (χ0v) is 14.6. The minimum Gasteiger partial charge on any atom is -0.480 e. The third kappa shape index (κ3) is 6.08. The minimum absolute atomic E-state index is 0.206. The molecule has 7 nitrogen and oxygen atoms in total. The molecule has 7 heteroatoms. The maximum absolute atomic E-state index is 12.3. The molecule has 2 unspecified atom stereocenters. The van der Waals surface area contributed by atoms with E-state index in [1.54, 1.807) is 34.6 Å². The van der Waals surface area contributed by atoms with Gasteiger partial charge in [-0.1, -0.05) is 13.8 Å². The van der Waals surface area contributed by atoms with E-state index in [0.29, 0.717) is 19.4 Å². The Bertz CT molecular complexity index is 456. The smallest absolute Gasteiger partial charge is 0.410 e. The summed E-state index contributed by atoms with van der Waals surface area (Å²) in [5.41, 5.74) is -0.585. The molecule has 2 N–H and O–H groups in total. The Hall–Kier alpha value is -1.79. The Labute approximate surface area is 137 Å².